The number of hydrogen-bond acceptors (Lipinski definition) is 4. The summed E-state index contributed by atoms with van der Waals surface area (Å²) in [7, 11) is -4.47. The Hall–Kier alpha value is -2.60. The van der Waals surface area contributed by atoms with Gasteiger partial charge in [-0.05, 0) is 31.0 Å². The van der Waals surface area contributed by atoms with Crippen LogP contribution in [0.15, 0.2) is 53.4 Å². The molecule has 0 atom stereocenters. The first kappa shape index (κ1) is 25.0. The largest absolute Gasteiger partial charge is 0.461 e. The maximum Gasteiger partial charge on any atom is 0.417 e. The number of halogens is 6. The molecule has 0 aliphatic carbocycles. The molecule has 0 aromatic heterocycles. The summed E-state index contributed by atoms with van der Waals surface area (Å²) in [5.41, 5.74) is -2.43. The first-order valence-corrected chi connectivity index (χ1v) is 11.2. The molecule has 180 valence electrons. The SMILES string of the molecule is O=C(OCc1ccccc1C(F)(F)F)C1CCN(S(=O)(=O)c2ccccc2C(F)(F)F)CC1. The Morgan fingerprint density at radius 3 is 1.97 bits per heavy atom. The van der Waals surface area contributed by atoms with E-state index in [9.17, 15) is 39.6 Å². The fourth-order valence-corrected chi connectivity index (χ4v) is 5.27. The minimum atomic E-state index is -4.86. The summed E-state index contributed by atoms with van der Waals surface area (Å²) in [6.07, 6.45) is -9.55. The number of hydrogen-bond donors (Lipinski definition) is 0. The second-order valence-electron chi connectivity index (χ2n) is 7.43. The molecule has 0 saturated carbocycles. The maximum absolute atomic E-state index is 13.2. The van der Waals surface area contributed by atoms with E-state index in [0.29, 0.717) is 6.07 Å². The van der Waals surface area contributed by atoms with Crippen molar-refractivity contribution in [3.8, 4) is 0 Å². The van der Waals surface area contributed by atoms with Gasteiger partial charge in [0.2, 0.25) is 10.0 Å². The van der Waals surface area contributed by atoms with Gasteiger partial charge in [-0.2, -0.15) is 30.6 Å². The number of rotatable bonds is 5. The van der Waals surface area contributed by atoms with E-state index in [1.165, 1.54) is 24.3 Å². The van der Waals surface area contributed by atoms with Crippen LogP contribution < -0.4 is 0 Å². The van der Waals surface area contributed by atoms with Crippen LogP contribution in [0.2, 0.25) is 0 Å². The second kappa shape index (κ2) is 9.34. The van der Waals surface area contributed by atoms with Gasteiger partial charge in [-0.3, -0.25) is 4.79 Å². The Morgan fingerprint density at radius 1 is 0.879 bits per heavy atom. The van der Waals surface area contributed by atoms with Crippen LogP contribution in [0, 0.1) is 5.92 Å². The van der Waals surface area contributed by atoms with E-state index in [2.05, 4.69) is 0 Å². The fraction of sp³-hybridized carbons (Fsp3) is 0.381. The highest BCUT2D eigenvalue weighted by atomic mass is 32.2. The predicted molar refractivity (Wildman–Crippen MR) is 104 cm³/mol. The van der Waals surface area contributed by atoms with Crippen LogP contribution in [0.3, 0.4) is 0 Å². The number of piperidine rings is 1. The Bertz CT molecular complexity index is 1110. The lowest BCUT2D eigenvalue weighted by Gasteiger charge is -2.30. The molecule has 0 N–H and O–H groups in total. The number of esters is 1. The first-order valence-electron chi connectivity index (χ1n) is 9.80. The smallest absolute Gasteiger partial charge is 0.417 e. The Labute approximate surface area is 186 Å². The summed E-state index contributed by atoms with van der Waals surface area (Å²) in [6, 6.07) is 8.45. The average molecular weight is 495 g/mol. The summed E-state index contributed by atoms with van der Waals surface area (Å²) in [5, 5.41) is 0. The van der Waals surface area contributed by atoms with Crippen LogP contribution in [-0.2, 0) is 38.5 Å². The quantitative estimate of drug-likeness (QED) is 0.439. The molecule has 1 fully saturated rings. The summed E-state index contributed by atoms with van der Waals surface area (Å²) in [4.78, 5) is 11.5. The first-order chi connectivity index (χ1) is 15.3. The number of carbonyl (C=O) groups is 1. The van der Waals surface area contributed by atoms with Crippen LogP contribution in [0.4, 0.5) is 26.3 Å². The molecule has 0 amide bonds. The van der Waals surface area contributed by atoms with Gasteiger partial charge in [0.25, 0.3) is 0 Å². The Balaban J connectivity index is 1.64. The minimum Gasteiger partial charge on any atom is -0.461 e. The zero-order valence-corrected chi connectivity index (χ0v) is 17.8. The lowest BCUT2D eigenvalue weighted by Crippen LogP contribution is -2.41. The van der Waals surface area contributed by atoms with Gasteiger partial charge < -0.3 is 4.74 Å². The fourth-order valence-electron chi connectivity index (χ4n) is 3.59. The number of alkyl halides is 6. The van der Waals surface area contributed by atoms with E-state index in [1.807, 2.05) is 0 Å². The van der Waals surface area contributed by atoms with Crippen molar-refractivity contribution >= 4 is 16.0 Å². The molecule has 1 saturated heterocycles. The number of carbonyl (C=O) groups excluding carboxylic acids is 1. The van der Waals surface area contributed by atoms with Crippen LogP contribution in [0.25, 0.3) is 0 Å². The third-order valence-corrected chi connectivity index (χ3v) is 7.25. The molecule has 1 aliphatic rings. The van der Waals surface area contributed by atoms with Crippen LogP contribution in [0.1, 0.15) is 29.5 Å². The molecule has 2 aromatic rings. The van der Waals surface area contributed by atoms with Crippen molar-refractivity contribution < 1.29 is 44.3 Å². The maximum atomic E-state index is 13.2. The molecule has 3 rings (SSSR count). The van der Waals surface area contributed by atoms with Crippen molar-refractivity contribution in [3.63, 3.8) is 0 Å². The van der Waals surface area contributed by atoms with Gasteiger partial charge in [0.1, 0.15) is 6.61 Å². The molecular formula is C21H19F6NO4S. The number of ether oxygens (including phenoxy) is 1. The van der Waals surface area contributed by atoms with Gasteiger partial charge >= 0.3 is 18.3 Å². The lowest BCUT2D eigenvalue weighted by molar-refractivity contribution is -0.153. The van der Waals surface area contributed by atoms with Crippen molar-refractivity contribution in [1.29, 1.82) is 0 Å². The monoisotopic (exact) mass is 495 g/mol. The molecule has 0 unspecified atom stereocenters. The summed E-state index contributed by atoms with van der Waals surface area (Å²) in [5.74, 6) is -1.58. The highest BCUT2D eigenvalue weighted by Gasteiger charge is 2.40. The van der Waals surface area contributed by atoms with E-state index < -0.39 is 56.9 Å². The van der Waals surface area contributed by atoms with Gasteiger partial charge in [-0.1, -0.05) is 30.3 Å². The number of benzene rings is 2. The molecule has 12 heteroatoms. The summed E-state index contributed by atoms with van der Waals surface area (Å²) < 4.78 is 110. The summed E-state index contributed by atoms with van der Waals surface area (Å²) in [6.45, 7) is -1.06. The van der Waals surface area contributed by atoms with E-state index in [4.69, 9.17) is 4.74 Å². The zero-order chi connectivity index (χ0) is 24.4. The molecule has 5 nitrogen and oxygen atoms in total. The van der Waals surface area contributed by atoms with Crippen LogP contribution >= 0.6 is 0 Å². The van der Waals surface area contributed by atoms with Gasteiger partial charge in [-0.25, -0.2) is 8.42 Å². The van der Waals surface area contributed by atoms with Gasteiger partial charge in [0.15, 0.2) is 0 Å². The van der Waals surface area contributed by atoms with Crippen molar-refractivity contribution in [2.45, 2.75) is 36.7 Å². The molecule has 33 heavy (non-hydrogen) atoms. The normalized spacial score (nSPS) is 16.5. The number of sulfonamides is 1. The predicted octanol–water partition coefficient (Wildman–Crippen LogP) is 4.87. The third-order valence-electron chi connectivity index (χ3n) is 5.29. The van der Waals surface area contributed by atoms with Gasteiger partial charge in [0, 0.05) is 18.7 Å². The van der Waals surface area contributed by atoms with E-state index in [-0.39, 0.29) is 31.5 Å². The molecule has 2 aromatic carbocycles. The molecule has 0 spiro atoms. The second-order valence-corrected chi connectivity index (χ2v) is 9.34. The van der Waals surface area contributed by atoms with Crippen molar-refractivity contribution in [2.24, 2.45) is 5.92 Å². The Morgan fingerprint density at radius 2 is 1.39 bits per heavy atom. The average Bonchev–Trinajstić information content (AvgIpc) is 2.76. The molecular weight excluding hydrogens is 476 g/mol. The Kier molecular flexibility index (Phi) is 7.08. The van der Waals surface area contributed by atoms with Crippen molar-refractivity contribution in [1.82, 2.24) is 4.31 Å². The van der Waals surface area contributed by atoms with Crippen molar-refractivity contribution in [3.05, 3.63) is 65.2 Å². The minimum absolute atomic E-state index is 0.0346. The summed E-state index contributed by atoms with van der Waals surface area (Å²) >= 11 is 0. The highest BCUT2D eigenvalue weighted by Crippen LogP contribution is 2.36. The zero-order valence-electron chi connectivity index (χ0n) is 17.0. The van der Waals surface area contributed by atoms with E-state index in [1.54, 1.807) is 0 Å². The van der Waals surface area contributed by atoms with Gasteiger partial charge in [-0.15, -0.1) is 0 Å². The van der Waals surface area contributed by atoms with Crippen LogP contribution in [-0.4, -0.2) is 31.8 Å². The molecule has 1 heterocycles. The lowest BCUT2D eigenvalue weighted by atomic mass is 9.98. The third kappa shape index (κ3) is 5.67. The van der Waals surface area contributed by atoms with Crippen LogP contribution in [0.5, 0.6) is 0 Å². The number of nitrogens with zero attached hydrogens (tertiary/aromatic N) is 1. The topological polar surface area (TPSA) is 63.7 Å². The molecule has 1 aliphatic heterocycles. The van der Waals surface area contributed by atoms with E-state index >= 15 is 0 Å². The standard InChI is InChI=1S/C21H19F6NO4S/c22-20(23,24)16-6-2-1-5-15(16)13-32-19(29)14-9-11-28(12-10-14)33(30,31)18-8-4-3-7-17(18)21(25,26)27/h1-8,14H,9-13H2. The van der Waals surface area contributed by atoms with Gasteiger partial charge in [0.05, 0.1) is 21.9 Å². The van der Waals surface area contributed by atoms with E-state index in [0.717, 1.165) is 22.5 Å². The van der Waals surface area contributed by atoms with Crippen molar-refractivity contribution in [2.75, 3.05) is 13.1 Å². The molecule has 0 bridgehead atoms. The molecule has 0 radical (unpaired) electrons. The highest BCUT2D eigenvalue weighted by molar-refractivity contribution is 7.89.